The Morgan fingerprint density at radius 1 is 0.379 bits per heavy atom. The Morgan fingerprint density at radius 3 is 1.12 bits per heavy atom. The van der Waals surface area contributed by atoms with Gasteiger partial charge < -0.3 is 89.9 Å². The molecule has 0 saturated carbocycles. The Morgan fingerprint density at radius 2 is 0.705 bits per heavy atom. The monoisotopic (exact) mass is 1350 g/mol. The van der Waals surface area contributed by atoms with E-state index in [2.05, 4.69) is 67.8 Å². The van der Waals surface area contributed by atoms with Crippen molar-refractivity contribution >= 4 is 5.91 Å². The Balaban J connectivity index is 1.43. The minimum Gasteiger partial charge on any atom is -0.394 e. The average molecular weight is 1350 g/mol. The number of carbonyl (C=O) groups excluding carboxylic acids is 1. The highest BCUT2D eigenvalue weighted by molar-refractivity contribution is 5.76. The molecule has 1 amide bonds. The number of hydrogen-bond donors (Lipinski definition) is 12. The maximum Gasteiger partial charge on any atom is 0.220 e. The van der Waals surface area contributed by atoms with Crippen LogP contribution in [-0.4, -0.2) is 193 Å². The summed E-state index contributed by atoms with van der Waals surface area (Å²) in [5.74, 6) is -0.291. The molecule has 554 valence electrons. The largest absolute Gasteiger partial charge is 0.394 e. The average Bonchev–Trinajstić information content (AvgIpc) is 0.787. The Hall–Kier alpha value is -2.51. The summed E-state index contributed by atoms with van der Waals surface area (Å²) in [5, 5.41) is 121. The van der Waals surface area contributed by atoms with E-state index in [0.717, 1.165) is 64.2 Å². The standard InChI is InChI=1S/C76H137NO18/c1-3-5-7-9-11-13-15-17-19-21-23-25-27-28-29-30-32-33-35-37-39-41-43-45-47-49-51-53-60(81)59(77-64(82)54-52-50-48-46-44-42-40-38-36-34-31-26-24-22-20-18-16-14-12-10-8-6-4-2)58-90-74-70(88)67(85)72(62(56-79)92-74)95-76-71(89)68(86)73(63(57-80)93-76)94-75-69(87)66(84)65(83)61(55-78)91-75/h16,18,22,24,35,37,43,45,51,53,59-63,65-76,78-81,83-89H,3-15,17,19-21,23,25-34,36,38-42,44,46-50,52,54-58H2,1-2H3,(H,77,82)/b18-16-,24-22-,37-35+,45-43+,53-51+. The van der Waals surface area contributed by atoms with Gasteiger partial charge in [0.2, 0.25) is 5.91 Å². The maximum absolute atomic E-state index is 13.4. The van der Waals surface area contributed by atoms with Gasteiger partial charge in [0.25, 0.3) is 0 Å². The van der Waals surface area contributed by atoms with Gasteiger partial charge in [-0.05, 0) is 77.0 Å². The molecule has 19 heteroatoms. The third-order valence-corrected chi connectivity index (χ3v) is 18.8. The Bertz CT molecular complexity index is 1950. The first kappa shape index (κ1) is 86.7. The van der Waals surface area contributed by atoms with Gasteiger partial charge in [-0.1, -0.05) is 261 Å². The van der Waals surface area contributed by atoms with Crippen LogP contribution in [0.3, 0.4) is 0 Å². The molecule has 0 spiro atoms. The van der Waals surface area contributed by atoms with Gasteiger partial charge in [-0.3, -0.25) is 4.79 Å². The highest BCUT2D eigenvalue weighted by atomic mass is 16.8. The number of hydrogen-bond acceptors (Lipinski definition) is 18. The zero-order valence-electron chi connectivity index (χ0n) is 58.9. The lowest BCUT2D eigenvalue weighted by atomic mass is 9.96. The number of rotatable bonds is 59. The van der Waals surface area contributed by atoms with Crippen molar-refractivity contribution in [1.29, 1.82) is 0 Å². The summed E-state index contributed by atoms with van der Waals surface area (Å²) in [6, 6.07) is -1.00. The normalized spacial score (nSPS) is 27.5. The quantitative estimate of drug-likeness (QED) is 0.0199. The number of unbranched alkanes of at least 4 members (excludes halogenated alkanes) is 35. The first-order chi connectivity index (χ1) is 46.3. The van der Waals surface area contributed by atoms with Gasteiger partial charge in [-0.15, -0.1) is 0 Å². The number of aliphatic hydroxyl groups is 11. The van der Waals surface area contributed by atoms with E-state index >= 15 is 0 Å². The molecule has 3 fully saturated rings. The SMILES string of the molecule is CCCCCCC/C=C\C/C=C\CCCCCCCCCCCCCC(=O)NC(COC1OC(CO)C(OC2OC(CO)C(OC3OC(CO)C(O)C(O)C3O)C(O)C2O)C(O)C1O)C(O)/C=C/CC/C=C/CC/C=C/CCCCCCCCCCCCCCCCCCC. The van der Waals surface area contributed by atoms with E-state index in [4.69, 9.17) is 28.4 Å². The molecule has 19 nitrogen and oxygen atoms in total. The number of aliphatic hydroxyl groups excluding tert-OH is 11. The molecule has 3 rings (SSSR count). The molecule has 0 aromatic carbocycles. The van der Waals surface area contributed by atoms with Crippen LogP contribution in [0.1, 0.15) is 284 Å². The maximum atomic E-state index is 13.4. The summed E-state index contributed by atoms with van der Waals surface area (Å²) in [4.78, 5) is 13.4. The molecule has 17 unspecified atom stereocenters. The number of ether oxygens (including phenoxy) is 6. The molecule has 95 heavy (non-hydrogen) atoms. The van der Waals surface area contributed by atoms with Crippen LogP contribution in [0.4, 0.5) is 0 Å². The summed E-state index contributed by atoms with van der Waals surface area (Å²) in [6.45, 7) is 1.72. The molecule has 0 aromatic rings. The van der Waals surface area contributed by atoms with Crippen molar-refractivity contribution in [3.8, 4) is 0 Å². The molecule has 3 heterocycles. The second-order valence-electron chi connectivity index (χ2n) is 27.1. The Kier molecular flexibility index (Phi) is 52.2. The lowest BCUT2D eigenvalue weighted by Gasteiger charge is -2.48. The molecule has 0 aliphatic carbocycles. The predicted octanol–water partition coefficient (Wildman–Crippen LogP) is 11.5. The molecule has 12 N–H and O–H groups in total. The second kappa shape index (κ2) is 57.2. The van der Waals surface area contributed by atoms with Crippen molar-refractivity contribution in [3.63, 3.8) is 0 Å². The first-order valence-corrected chi connectivity index (χ1v) is 38.0. The third kappa shape index (κ3) is 38.2. The van der Waals surface area contributed by atoms with E-state index in [-0.39, 0.29) is 18.9 Å². The highest BCUT2D eigenvalue weighted by Crippen LogP contribution is 2.33. The van der Waals surface area contributed by atoms with Crippen LogP contribution in [0.25, 0.3) is 0 Å². The fourth-order valence-electron chi connectivity index (χ4n) is 12.6. The summed E-state index contributed by atoms with van der Waals surface area (Å²) < 4.78 is 34.4. The number of carbonyl (C=O) groups is 1. The molecule has 0 bridgehead atoms. The van der Waals surface area contributed by atoms with Crippen molar-refractivity contribution in [1.82, 2.24) is 5.32 Å². The van der Waals surface area contributed by atoms with Crippen molar-refractivity contribution in [2.45, 2.75) is 388 Å². The molecule has 3 aliphatic heterocycles. The van der Waals surface area contributed by atoms with Gasteiger partial charge in [-0.25, -0.2) is 0 Å². The summed E-state index contributed by atoms with van der Waals surface area (Å²) in [6.07, 6.45) is 44.9. The second-order valence-corrected chi connectivity index (χ2v) is 27.1. The van der Waals surface area contributed by atoms with Gasteiger partial charge in [-0.2, -0.15) is 0 Å². The van der Waals surface area contributed by atoms with Gasteiger partial charge in [0.15, 0.2) is 18.9 Å². The summed E-state index contributed by atoms with van der Waals surface area (Å²) in [7, 11) is 0. The van der Waals surface area contributed by atoms with Crippen LogP contribution in [0, 0.1) is 0 Å². The van der Waals surface area contributed by atoms with Crippen molar-refractivity contribution in [2.24, 2.45) is 0 Å². The van der Waals surface area contributed by atoms with Crippen molar-refractivity contribution in [3.05, 3.63) is 60.8 Å². The number of allylic oxidation sites excluding steroid dienone is 9. The molecular weight excluding hydrogens is 1210 g/mol. The summed E-state index contributed by atoms with van der Waals surface area (Å²) in [5.41, 5.74) is 0. The van der Waals surface area contributed by atoms with Crippen molar-refractivity contribution in [2.75, 3.05) is 26.4 Å². The zero-order valence-corrected chi connectivity index (χ0v) is 58.9. The fraction of sp³-hybridized carbons (Fsp3) is 0.855. The molecule has 3 saturated heterocycles. The van der Waals surface area contributed by atoms with E-state index in [1.54, 1.807) is 6.08 Å². The molecule has 0 radical (unpaired) electrons. The van der Waals surface area contributed by atoms with E-state index in [0.29, 0.717) is 12.8 Å². The molecule has 3 aliphatic rings. The topological polar surface area (TPSA) is 307 Å². The minimum absolute atomic E-state index is 0.228. The van der Waals surface area contributed by atoms with Crippen molar-refractivity contribution < 1.29 is 89.4 Å². The van der Waals surface area contributed by atoms with E-state index in [9.17, 15) is 61.0 Å². The number of nitrogens with one attached hydrogen (secondary N) is 1. The van der Waals surface area contributed by atoms with Gasteiger partial charge in [0.1, 0.15) is 73.2 Å². The predicted molar refractivity (Wildman–Crippen MR) is 374 cm³/mol. The molecule has 17 atom stereocenters. The summed E-state index contributed by atoms with van der Waals surface area (Å²) >= 11 is 0. The zero-order chi connectivity index (χ0) is 68.9. The lowest BCUT2D eigenvalue weighted by molar-refractivity contribution is -0.379. The molecule has 0 aromatic heterocycles. The van der Waals surface area contributed by atoms with E-state index in [1.165, 1.54) is 186 Å². The van der Waals surface area contributed by atoms with Gasteiger partial charge >= 0.3 is 0 Å². The number of amides is 1. The Labute approximate surface area is 573 Å². The smallest absolute Gasteiger partial charge is 0.220 e. The van der Waals surface area contributed by atoms with Gasteiger partial charge in [0.05, 0.1) is 38.6 Å². The van der Waals surface area contributed by atoms with E-state index in [1.807, 2.05) is 6.08 Å². The van der Waals surface area contributed by atoms with Crippen LogP contribution in [0.15, 0.2) is 60.8 Å². The molecular formula is C76H137NO18. The fourth-order valence-corrected chi connectivity index (χ4v) is 12.6. The van der Waals surface area contributed by atoms with Gasteiger partial charge in [0, 0.05) is 6.42 Å². The van der Waals surface area contributed by atoms with Crippen LogP contribution in [0.2, 0.25) is 0 Å². The van der Waals surface area contributed by atoms with Crippen LogP contribution < -0.4 is 5.32 Å². The minimum atomic E-state index is -1.98. The lowest BCUT2D eigenvalue weighted by Crippen LogP contribution is -2.66. The third-order valence-electron chi connectivity index (χ3n) is 18.8. The highest BCUT2D eigenvalue weighted by Gasteiger charge is 2.53. The van der Waals surface area contributed by atoms with Crippen LogP contribution in [-0.2, 0) is 33.2 Å². The first-order valence-electron chi connectivity index (χ1n) is 38.0. The van der Waals surface area contributed by atoms with Crippen LogP contribution >= 0.6 is 0 Å². The van der Waals surface area contributed by atoms with Crippen LogP contribution in [0.5, 0.6) is 0 Å². The van der Waals surface area contributed by atoms with E-state index < -0.39 is 124 Å².